The molecule has 0 radical (unpaired) electrons. The minimum absolute atomic E-state index is 0.0319. The Hall–Kier alpha value is -3.75. The molecular weight excluding hydrogens is 401 g/mol. The van der Waals surface area contributed by atoms with E-state index in [2.05, 4.69) is 5.32 Å². The van der Waals surface area contributed by atoms with E-state index >= 15 is 0 Å². The lowest BCUT2D eigenvalue weighted by Gasteiger charge is -2.26. The van der Waals surface area contributed by atoms with E-state index in [1.54, 1.807) is 12.1 Å². The van der Waals surface area contributed by atoms with Crippen LogP contribution in [0.15, 0.2) is 54.7 Å². The van der Waals surface area contributed by atoms with Crippen molar-refractivity contribution >= 4 is 17.6 Å². The Kier molecular flexibility index (Phi) is 4.53. The summed E-state index contributed by atoms with van der Waals surface area (Å²) < 4.78 is 41.0. The molecule has 30 heavy (non-hydrogen) atoms. The first kappa shape index (κ1) is 19.6. The van der Waals surface area contributed by atoms with Crippen LogP contribution in [0, 0.1) is 0 Å². The number of carbonyl (C=O) groups is 2. The molecule has 154 valence electrons. The minimum atomic E-state index is -4.57. The first-order chi connectivity index (χ1) is 14.1. The molecule has 0 aliphatic carbocycles. The molecule has 1 atom stereocenters. The van der Waals surface area contributed by atoms with Crippen LogP contribution in [0.2, 0.25) is 0 Å². The SMILES string of the molecule is O=C1C[C@H](c2cccc(O)c2)c2c(c(C(=O)O)cn2-c2cccc(C(F)(F)F)c2)N1. The number of hydrogen-bond acceptors (Lipinski definition) is 3. The highest BCUT2D eigenvalue weighted by Crippen LogP contribution is 2.42. The van der Waals surface area contributed by atoms with Crippen molar-refractivity contribution < 1.29 is 33.0 Å². The van der Waals surface area contributed by atoms with Gasteiger partial charge in [-0.25, -0.2) is 4.79 Å². The van der Waals surface area contributed by atoms with Crippen molar-refractivity contribution in [3.63, 3.8) is 0 Å². The van der Waals surface area contributed by atoms with Crippen molar-refractivity contribution in [3.05, 3.63) is 77.1 Å². The summed E-state index contributed by atoms with van der Waals surface area (Å²) >= 11 is 0. The third-order valence-electron chi connectivity index (χ3n) is 4.98. The highest BCUT2D eigenvalue weighted by atomic mass is 19.4. The number of hydrogen-bond donors (Lipinski definition) is 3. The molecule has 4 rings (SSSR count). The average molecular weight is 416 g/mol. The number of benzene rings is 2. The summed E-state index contributed by atoms with van der Waals surface area (Å²) in [6, 6.07) is 10.6. The van der Waals surface area contributed by atoms with Gasteiger partial charge < -0.3 is 20.1 Å². The van der Waals surface area contributed by atoms with E-state index in [1.165, 1.54) is 35.0 Å². The van der Waals surface area contributed by atoms with E-state index in [1.807, 2.05) is 0 Å². The Bertz CT molecular complexity index is 1170. The third kappa shape index (κ3) is 3.38. The van der Waals surface area contributed by atoms with Crippen LogP contribution in [0.1, 0.15) is 39.5 Å². The van der Waals surface area contributed by atoms with Gasteiger partial charge in [-0.3, -0.25) is 4.79 Å². The maximum absolute atomic E-state index is 13.2. The first-order valence-corrected chi connectivity index (χ1v) is 8.90. The number of nitrogens with one attached hydrogen (secondary N) is 1. The number of carboxylic acid groups (broad SMARTS) is 1. The van der Waals surface area contributed by atoms with E-state index in [-0.39, 0.29) is 29.1 Å². The molecule has 0 saturated carbocycles. The van der Waals surface area contributed by atoms with Gasteiger partial charge in [0.15, 0.2) is 0 Å². The standard InChI is InChI=1S/C21H15F3N2O4/c22-21(23,24)12-4-2-5-13(8-12)26-10-16(20(29)30)18-19(26)15(9-17(28)25-18)11-3-1-6-14(27)7-11/h1-8,10,15,27H,9H2,(H,25,28)(H,29,30)/t15-/m1/s1. The Labute approximate surface area is 168 Å². The Morgan fingerprint density at radius 3 is 2.53 bits per heavy atom. The van der Waals surface area contributed by atoms with E-state index in [9.17, 15) is 33.0 Å². The average Bonchev–Trinajstić information content (AvgIpc) is 3.06. The molecule has 0 fully saturated rings. The summed E-state index contributed by atoms with van der Waals surface area (Å²) in [7, 11) is 0. The van der Waals surface area contributed by atoms with Gasteiger partial charge in [0.1, 0.15) is 11.3 Å². The highest BCUT2D eigenvalue weighted by Gasteiger charge is 2.35. The smallest absolute Gasteiger partial charge is 0.416 e. The fraction of sp³-hybridized carbons (Fsp3) is 0.143. The molecule has 3 N–H and O–H groups in total. The fourth-order valence-electron chi connectivity index (χ4n) is 3.69. The number of aromatic hydroxyl groups is 1. The second kappa shape index (κ2) is 6.94. The predicted octanol–water partition coefficient (Wildman–Crippen LogP) is 4.37. The number of aromatic nitrogens is 1. The number of rotatable bonds is 3. The summed E-state index contributed by atoms with van der Waals surface area (Å²) in [6.45, 7) is 0. The number of anilines is 1. The number of aromatic carboxylic acids is 1. The van der Waals surface area contributed by atoms with Crippen LogP contribution in [0.3, 0.4) is 0 Å². The quantitative estimate of drug-likeness (QED) is 0.591. The van der Waals surface area contributed by atoms with Crippen molar-refractivity contribution in [1.82, 2.24) is 4.57 Å². The number of halogens is 3. The molecule has 1 aromatic heterocycles. The van der Waals surface area contributed by atoms with Crippen LogP contribution < -0.4 is 5.32 Å². The van der Waals surface area contributed by atoms with Crippen molar-refractivity contribution in [2.24, 2.45) is 0 Å². The molecule has 1 aliphatic heterocycles. The number of fused-ring (bicyclic) bond motifs is 1. The lowest BCUT2D eigenvalue weighted by Crippen LogP contribution is -2.25. The van der Waals surface area contributed by atoms with Crippen molar-refractivity contribution in [2.75, 3.05) is 5.32 Å². The lowest BCUT2D eigenvalue weighted by molar-refractivity contribution is -0.137. The molecule has 0 spiro atoms. The summed E-state index contributed by atoms with van der Waals surface area (Å²) in [6.07, 6.45) is -3.43. The number of carbonyl (C=O) groups excluding carboxylic acids is 1. The number of alkyl halides is 3. The topological polar surface area (TPSA) is 91.6 Å². The molecule has 2 heterocycles. The monoisotopic (exact) mass is 416 g/mol. The van der Waals surface area contributed by atoms with Crippen LogP contribution in [0.5, 0.6) is 5.75 Å². The van der Waals surface area contributed by atoms with Gasteiger partial charge in [-0.05, 0) is 35.9 Å². The lowest BCUT2D eigenvalue weighted by atomic mass is 9.88. The molecule has 1 aliphatic rings. The van der Waals surface area contributed by atoms with Gasteiger partial charge in [-0.2, -0.15) is 13.2 Å². The van der Waals surface area contributed by atoms with Crippen molar-refractivity contribution in [2.45, 2.75) is 18.5 Å². The second-order valence-electron chi connectivity index (χ2n) is 6.93. The number of nitrogens with zero attached hydrogens (tertiary/aromatic N) is 1. The molecular formula is C21H15F3N2O4. The summed E-state index contributed by atoms with van der Waals surface area (Å²) in [5.74, 6) is -2.46. The molecule has 2 aromatic carbocycles. The van der Waals surface area contributed by atoms with Gasteiger partial charge in [0, 0.05) is 24.2 Å². The number of amides is 1. The predicted molar refractivity (Wildman–Crippen MR) is 101 cm³/mol. The zero-order valence-corrected chi connectivity index (χ0v) is 15.3. The van der Waals surface area contributed by atoms with Crippen LogP contribution in [0.25, 0.3) is 5.69 Å². The zero-order valence-electron chi connectivity index (χ0n) is 15.3. The van der Waals surface area contributed by atoms with Gasteiger partial charge in [0.05, 0.1) is 16.9 Å². The van der Waals surface area contributed by atoms with E-state index < -0.39 is 29.5 Å². The number of phenols is 1. The van der Waals surface area contributed by atoms with Crippen LogP contribution in [-0.2, 0) is 11.0 Å². The van der Waals surface area contributed by atoms with Gasteiger partial charge in [-0.1, -0.05) is 18.2 Å². The van der Waals surface area contributed by atoms with E-state index in [4.69, 9.17) is 0 Å². The number of phenolic OH excluding ortho intramolecular Hbond substituents is 1. The normalized spacial score (nSPS) is 16.1. The zero-order chi connectivity index (χ0) is 21.6. The third-order valence-corrected chi connectivity index (χ3v) is 4.98. The van der Waals surface area contributed by atoms with Gasteiger partial charge in [0.25, 0.3) is 0 Å². The highest BCUT2D eigenvalue weighted by molar-refractivity contribution is 6.04. The Morgan fingerprint density at radius 1 is 1.13 bits per heavy atom. The maximum Gasteiger partial charge on any atom is 0.416 e. The molecule has 0 unspecified atom stereocenters. The van der Waals surface area contributed by atoms with E-state index in [0.29, 0.717) is 11.3 Å². The molecule has 0 bridgehead atoms. The van der Waals surface area contributed by atoms with Gasteiger partial charge >= 0.3 is 12.1 Å². The van der Waals surface area contributed by atoms with Gasteiger partial charge in [0.2, 0.25) is 5.91 Å². The Morgan fingerprint density at radius 2 is 1.87 bits per heavy atom. The van der Waals surface area contributed by atoms with Gasteiger partial charge in [-0.15, -0.1) is 0 Å². The first-order valence-electron chi connectivity index (χ1n) is 8.90. The fourth-order valence-corrected chi connectivity index (χ4v) is 3.69. The summed E-state index contributed by atoms with van der Waals surface area (Å²) in [5.41, 5.74) is -0.112. The molecule has 6 nitrogen and oxygen atoms in total. The molecule has 1 amide bonds. The maximum atomic E-state index is 13.2. The van der Waals surface area contributed by atoms with E-state index in [0.717, 1.165) is 12.1 Å². The second-order valence-corrected chi connectivity index (χ2v) is 6.93. The van der Waals surface area contributed by atoms with Crippen LogP contribution >= 0.6 is 0 Å². The Balaban J connectivity index is 1.97. The summed E-state index contributed by atoms with van der Waals surface area (Å²) in [4.78, 5) is 24.0. The van der Waals surface area contributed by atoms with Crippen molar-refractivity contribution in [3.8, 4) is 11.4 Å². The van der Waals surface area contributed by atoms with Crippen LogP contribution in [0.4, 0.5) is 18.9 Å². The molecule has 9 heteroatoms. The number of carboxylic acids is 1. The van der Waals surface area contributed by atoms with Crippen LogP contribution in [-0.4, -0.2) is 26.7 Å². The van der Waals surface area contributed by atoms with Crippen molar-refractivity contribution in [1.29, 1.82) is 0 Å². The molecule has 3 aromatic rings. The largest absolute Gasteiger partial charge is 0.508 e. The molecule has 0 saturated heterocycles. The summed E-state index contributed by atoms with van der Waals surface area (Å²) in [5, 5.41) is 22.0. The minimum Gasteiger partial charge on any atom is -0.508 e.